The summed E-state index contributed by atoms with van der Waals surface area (Å²) in [6.45, 7) is 5.98. The van der Waals surface area contributed by atoms with Gasteiger partial charge in [0.15, 0.2) is 11.5 Å². The van der Waals surface area contributed by atoms with Gasteiger partial charge in [0.05, 0.1) is 43.6 Å². The molecule has 2 fully saturated rings. The summed E-state index contributed by atoms with van der Waals surface area (Å²) in [5.41, 5.74) is 1.95. The summed E-state index contributed by atoms with van der Waals surface area (Å²) in [5.74, 6) is 2.73. The Balaban J connectivity index is 1.32. The van der Waals surface area contributed by atoms with Crippen LogP contribution in [-0.2, 0) is 11.3 Å². The Hall–Kier alpha value is -3.23. The molecule has 8 nitrogen and oxygen atoms in total. The fourth-order valence-electron chi connectivity index (χ4n) is 4.86. The molecule has 2 aliphatic rings. The van der Waals surface area contributed by atoms with Gasteiger partial charge in [-0.15, -0.1) is 0 Å². The largest absolute Gasteiger partial charge is 0.468 e. The molecule has 0 bridgehead atoms. The minimum atomic E-state index is 0.325. The maximum Gasteiger partial charge on any atom is 0.164 e. The van der Waals surface area contributed by atoms with Crippen molar-refractivity contribution in [2.45, 2.75) is 25.4 Å². The Kier molecular flexibility index (Phi) is 5.53. The first-order valence-electron chi connectivity index (χ1n) is 11.7. The lowest BCUT2D eigenvalue weighted by Crippen LogP contribution is -2.37. The zero-order valence-corrected chi connectivity index (χ0v) is 18.6. The summed E-state index contributed by atoms with van der Waals surface area (Å²) in [6, 6.07) is 14.5. The van der Waals surface area contributed by atoms with E-state index in [0.717, 1.165) is 79.6 Å². The van der Waals surface area contributed by atoms with Gasteiger partial charge in [0.25, 0.3) is 0 Å². The predicted octanol–water partition coefficient (Wildman–Crippen LogP) is 3.76. The second-order valence-corrected chi connectivity index (χ2v) is 8.75. The van der Waals surface area contributed by atoms with Gasteiger partial charge in [0.1, 0.15) is 11.6 Å². The zero-order valence-electron chi connectivity index (χ0n) is 18.6. The smallest absolute Gasteiger partial charge is 0.164 e. The number of furan rings is 1. The Labute approximate surface area is 192 Å². The first-order valence-corrected chi connectivity index (χ1v) is 11.7. The lowest BCUT2D eigenvalue weighted by Gasteiger charge is -2.31. The molecule has 0 spiro atoms. The van der Waals surface area contributed by atoms with Crippen LogP contribution in [0.5, 0.6) is 0 Å². The van der Waals surface area contributed by atoms with Crippen molar-refractivity contribution in [3.63, 3.8) is 0 Å². The molecule has 3 aromatic heterocycles. The van der Waals surface area contributed by atoms with E-state index >= 15 is 0 Å². The first-order chi connectivity index (χ1) is 16.3. The second-order valence-electron chi connectivity index (χ2n) is 8.75. The van der Waals surface area contributed by atoms with Crippen molar-refractivity contribution >= 4 is 16.9 Å². The number of likely N-dealkylation sites (tertiary alicyclic amines) is 1. The van der Waals surface area contributed by atoms with Crippen molar-refractivity contribution in [1.82, 2.24) is 24.6 Å². The Morgan fingerprint density at radius 2 is 1.73 bits per heavy atom. The van der Waals surface area contributed by atoms with Crippen molar-refractivity contribution in [2.75, 3.05) is 44.3 Å². The SMILES string of the molecule is c1ccc(-c2nc(N3CCOCC3)c3cnn(C4CCN(Cc5ccco5)CC4)c3n2)cc1. The van der Waals surface area contributed by atoms with E-state index in [1.54, 1.807) is 6.26 Å². The standard InChI is InChI=1S/C25H28N6O2/c1-2-5-19(6-3-1)23-27-24(30-12-15-32-16-13-30)22-17-26-31(25(22)28-23)20-8-10-29(11-9-20)18-21-7-4-14-33-21/h1-7,14,17,20H,8-13,15-16,18H2. The summed E-state index contributed by atoms with van der Waals surface area (Å²) in [5, 5.41) is 5.85. The molecular weight excluding hydrogens is 416 g/mol. The number of hydrogen-bond donors (Lipinski definition) is 0. The van der Waals surface area contributed by atoms with Gasteiger partial charge < -0.3 is 14.1 Å². The van der Waals surface area contributed by atoms with Gasteiger partial charge in [-0.3, -0.25) is 4.90 Å². The monoisotopic (exact) mass is 444 g/mol. The third-order valence-corrected chi connectivity index (χ3v) is 6.64. The Bertz CT molecular complexity index is 1190. The minimum Gasteiger partial charge on any atom is -0.468 e. The number of nitrogens with zero attached hydrogens (tertiary/aromatic N) is 6. The van der Waals surface area contributed by atoms with Crippen LogP contribution in [0.3, 0.4) is 0 Å². The molecule has 0 N–H and O–H groups in total. The van der Waals surface area contributed by atoms with Gasteiger partial charge in [-0.1, -0.05) is 30.3 Å². The van der Waals surface area contributed by atoms with E-state index in [4.69, 9.17) is 24.2 Å². The maximum absolute atomic E-state index is 5.58. The van der Waals surface area contributed by atoms with Crippen molar-refractivity contribution in [3.8, 4) is 11.4 Å². The molecule has 2 saturated heterocycles. The molecule has 6 rings (SSSR count). The molecule has 0 aliphatic carbocycles. The molecule has 33 heavy (non-hydrogen) atoms. The summed E-state index contributed by atoms with van der Waals surface area (Å²) in [6.07, 6.45) is 5.77. The van der Waals surface area contributed by atoms with Crippen LogP contribution in [0.1, 0.15) is 24.6 Å². The van der Waals surface area contributed by atoms with Crippen molar-refractivity contribution in [1.29, 1.82) is 0 Å². The fourth-order valence-corrected chi connectivity index (χ4v) is 4.86. The lowest BCUT2D eigenvalue weighted by atomic mass is 10.1. The van der Waals surface area contributed by atoms with E-state index < -0.39 is 0 Å². The average Bonchev–Trinajstić information content (AvgIpc) is 3.55. The quantitative estimate of drug-likeness (QED) is 0.464. The minimum absolute atomic E-state index is 0.325. The number of morpholine rings is 1. The molecule has 1 aromatic carbocycles. The highest BCUT2D eigenvalue weighted by Crippen LogP contribution is 2.32. The molecule has 8 heteroatoms. The second kappa shape index (κ2) is 8.96. The normalized spacial score (nSPS) is 18.2. The third-order valence-electron chi connectivity index (χ3n) is 6.64. The van der Waals surface area contributed by atoms with E-state index in [9.17, 15) is 0 Å². The number of aromatic nitrogens is 4. The van der Waals surface area contributed by atoms with Gasteiger partial charge >= 0.3 is 0 Å². The van der Waals surface area contributed by atoms with E-state index in [1.165, 1.54) is 0 Å². The molecule has 2 aliphatic heterocycles. The van der Waals surface area contributed by atoms with Gasteiger partial charge in [0.2, 0.25) is 0 Å². The van der Waals surface area contributed by atoms with Gasteiger partial charge in [-0.25, -0.2) is 14.6 Å². The molecule has 0 amide bonds. The maximum atomic E-state index is 5.58. The summed E-state index contributed by atoms with van der Waals surface area (Å²) in [7, 11) is 0. The topological polar surface area (TPSA) is 72.5 Å². The highest BCUT2D eigenvalue weighted by molar-refractivity contribution is 5.89. The molecule has 5 heterocycles. The van der Waals surface area contributed by atoms with Crippen LogP contribution in [0, 0.1) is 0 Å². The number of rotatable bonds is 5. The van der Waals surface area contributed by atoms with E-state index in [1.807, 2.05) is 36.5 Å². The molecule has 4 aromatic rings. The van der Waals surface area contributed by atoms with Crippen LogP contribution in [0.25, 0.3) is 22.4 Å². The average molecular weight is 445 g/mol. The summed E-state index contributed by atoms with van der Waals surface area (Å²) in [4.78, 5) is 14.8. The van der Waals surface area contributed by atoms with Crippen LogP contribution in [0.15, 0.2) is 59.3 Å². The molecule has 0 unspecified atom stereocenters. The Morgan fingerprint density at radius 1 is 0.909 bits per heavy atom. The molecule has 170 valence electrons. The van der Waals surface area contributed by atoms with Crippen LogP contribution >= 0.6 is 0 Å². The zero-order chi connectivity index (χ0) is 22.0. The Morgan fingerprint density at radius 3 is 2.48 bits per heavy atom. The summed E-state index contributed by atoms with van der Waals surface area (Å²) >= 11 is 0. The first kappa shape index (κ1) is 20.4. The number of benzene rings is 1. The number of hydrogen-bond acceptors (Lipinski definition) is 7. The van der Waals surface area contributed by atoms with Crippen molar-refractivity contribution < 1.29 is 9.15 Å². The van der Waals surface area contributed by atoms with Crippen LogP contribution in [0.4, 0.5) is 5.82 Å². The van der Waals surface area contributed by atoms with Gasteiger partial charge in [-0.05, 0) is 25.0 Å². The van der Waals surface area contributed by atoms with E-state index in [0.29, 0.717) is 19.3 Å². The van der Waals surface area contributed by atoms with Crippen LogP contribution < -0.4 is 4.90 Å². The van der Waals surface area contributed by atoms with Crippen molar-refractivity contribution in [3.05, 3.63) is 60.7 Å². The highest BCUT2D eigenvalue weighted by Gasteiger charge is 2.26. The fraction of sp³-hybridized carbons (Fsp3) is 0.400. The molecule has 0 radical (unpaired) electrons. The highest BCUT2D eigenvalue weighted by atomic mass is 16.5. The lowest BCUT2D eigenvalue weighted by molar-refractivity contribution is 0.122. The number of piperidine rings is 1. The van der Waals surface area contributed by atoms with Gasteiger partial charge in [0, 0.05) is 31.7 Å². The number of anilines is 1. The van der Waals surface area contributed by atoms with E-state index in [2.05, 4.69) is 26.6 Å². The summed E-state index contributed by atoms with van der Waals surface area (Å²) < 4.78 is 13.2. The van der Waals surface area contributed by atoms with Crippen molar-refractivity contribution in [2.24, 2.45) is 0 Å². The molecule has 0 saturated carbocycles. The van der Waals surface area contributed by atoms with Gasteiger partial charge in [-0.2, -0.15) is 5.10 Å². The van der Waals surface area contributed by atoms with Crippen LogP contribution in [-0.4, -0.2) is 64.0 Å². The molecule has 0 atom stereocenters. The van der Waals surface area contributed by atoms with Crippen LogP contribution in [0.2, 0.25) is 0 Å². The number of fused-ring (bicyclic) bond motifs is 1. The number of ether oxygens (including phenoxy) is 1. The molecular formula is C25H28N6O2. The predicted molar refractivity (Wildman–Crippen MR) is 126 cm³/mol. The van der Waals surface area contributed by atoms with E-state index in [-0.39, 0.29) is 0 Å². The third kappa shape index (κ3) is 4.12.